The second-order valence-electron chi connectivity index (χ2n) is 15.6. The van der Waals surface area contributed by atoms with Crippen LogP contribution < -0.4 is 0 Å². The molecule has 0 aliphatic rings. The molecule has 2 aromatic rings. The standard InChI is InChI=1S/C48H80O4/c1-3-5-7-9-11-13-15-17-18-19-20-21-22-23-24-26-28-30-32-34-42-52-48(50)45-40-36-38-43-37-35-39-44(46(43)45)47(49)51-41-33-31-29-27-25-16-14-12-10-8-6-4-2/h35-40H,3-34,41-42H2,1-2H3. The SMILES string of the molecule is CCCCCCCCCCCCCCCCCCCCCCOC(=O)c1cccc2cccc(C(=O)OCCCCCCCCCCCCCC)c12. The van der Waals surface area contributed by atoms with Crippen LogP contribution in [0.2, 0.25) is 0 Å². The highest BCUT2D eigenvalue weighted by Crippen LogP contribution is 2.25. The van der Waals surface area contributed by atoms with Gasteiger partial charge in [-0.05, 0) is 30.4 Å². The highest BCUT2D eigenvalue weighted by atomic mass is 16.5. The van der Waals surface area contributed by atoms with Gasteiger partial charge in [0.2, 0.25) is 0 Å². The summed E-state index contributed by atoms with van der Waals surface area (Å²) in [4.78, 5) is 26.3. The number of carbonyl (C=O) groups excluding carboxylic acids is 2. The molecule has 0 aliphatic heterocycles. The molecule has 0 radical (unpaired) electrons. The van der Waals surface area contributed by atoms with Gasteiger partial charge in [-0.15, -0.1) is 0 Å². The smallest absolute Gasteiger partial charge is 0.338 e. The topological polar surface area (TPSA) is 52.6 Å². The Bertz CT molecular complexity index is 1140. The van der Waals surface area contributed by atoms with Gasteiger partial charge in [0.25, 0.3) is 0 Å². The summed E-state index contributed by atoms with van der Waals surface area (Å²) < 4.78 is 11.4. The van der Waals surface area contributed by atoms with Crippen LogP contribution in [0, 0.1) is 0 Å². The Hall–Kier alpha value is -2.36. The molecule has 0 unspecified atom stereocenters. The van der Waals surface area contributed by atoms with Gasteiger partial charge in [-0.1, -0.05) is 231 Å². The number of esters is 2. The van der Waals surface area contributed by atoms with E-state index in [2.05, 4.69) is 13.8 Å². The van der Waals surface area contributed by atoms with E-state index in [1.807, 2.05) is 24.3 Å². The Morgan fingerprint density at radius 1 is 0.365 bits per heavy atom. The van der Waals surface area contributed by atoms with Crippen LogP contribution in [0.25, 0.3) is 10.8 Å². The van der Waals surface area contributed by atoms with Crippen molar-refractivity contribution >= 4 is 22.7 Å². The predicted octanol–water partition coefficient (Wildman–Crippen LogP) is 15.7. The molecule has 4 heteroatoms. The van der Waals surface area contributed by atoms with E-state index in [4.69, 9.17) is 9.47 Å². The van der Waals surface area contributed by atoms with Gasteiger partial charge in [-0.2, -0.15) is 0 Å². The molecule has 0 saturated carbocycles. The van der Waals surface area contributed by atoms with E-state index in [9.17, 15) is 9.59 Å². The maximum atomic E-state index is 13.1. The predicted molar refractivity (Wildman–Crippen MR) is 224 cm³/mol. The maximum absolute atomic E-state index is 13.1. The lowest BCUT2D eigenvalue weighted by atomic mass is 9.99. The zero-order valence-electron chi connectivity index (χ0n) is 34.1. The Labute approximate surface area is 321 Å². The number of hydrogen-bond donors (Lipinski definition) is 0. The molecule has 4 nitrogen and oxygen atoms in total. The first-order chi connectivity index (χ1) is 25.7. The van der Waals surface area contributed by atoms with Gasteiger partial charge in [0.15, 0.2) is 0 Å². The lowest BCUT2D eigenvalue weighted by molar-refractivity contribution is 0.0498. The fourth-order valence-corrected chi connectivity index (χ4v) is 7.47. The second-order valence-corrected chi connectivity index (χ2v) is 15.6. The van der Waals surface area contributed by atoms with Crippen molar-refractivity contribution in [2.45, 2.75) is 219 Å². The molecule has 0 N–H and O–H groups in total. The van der Waals surface area contributed by atoms with Gasteiger partial charge < -0.3 is 9.47 Å². The Balaban J connectivity index is 1.51. The van der Waals surface area contributed by atoms with Crippen molar-refractivity contribution in [1.82, 2.24) is 0 Å². The molecule has 0 aromatic heterocycles. The average molecular weight is 721 g/mol. The molecule has 0 atom stereocenters. The van der Waals surface area contributed by atoms with E-state index < -0.39 is 0 Å². The summed E-state index contributed by atoms with van der Waals surface area (Å²) in [6.45, 7) is 5.39. The molecule has 0 spiro atoms. The fourth-order valence-electron chi connectivity index (χ4n) is 7.47. The Morgan fingerprint density at radius 3 is 0.885 bits per heavy atom. The van der Waals surface area contributed by atoms with Gasteiger partial charge in [0, 0.05) is 5.39 Å². The number of benzene rings is 2. The summed E-state index contributed by atoms with van der Waals surface area (Å²) in [5.74, 6) is -0.715. The minimum atomic E-state index is -0.358. The lowest BCUT2D eigenvalue weighted by Gasteiger charge is -2.12. The molecular formula is C48H80O4. The third kappa shape index (κ3) is 22.7. The Kier molecular flexibility index (Phi) is 29.3. The highest BCUT2D eigenvalue weighted by molar-refractivity contribution is 6.13. The summed E-state index contributed by atoms with van der Waals surface area (Å²) in [5, 5.41) is 1.49. The number of hydrogen-bond acceptors (Lipinski definition) is 4. The summed E-state index contributed by atoms with van der Waals surface area (Å²) in [6, 6.07) is 11.1. The number of unbranched alkanes of at least 4 members (excludes halogenated alkanes) is 30. The van der Waals surface area contributed by atoms with Crippen LogP contribution in [0.5, 0.6) is 0 Å². The van der Waals surface area contributed by atoms with E-state index in [1.54, 1.807) is 12.1 Å². The lowest BCUT2D eigenvalue weighted by Crippen LogP contribution is -2.11. The molecule has 0 bridgehead atoms. The molecule has 2 aromatic carbocycles. The molecule has 0 aliphatic carbocycles. The minimum Gasteiger partial charge on any atom is -0.462 e. The molecule has 0 fully saturated rings. The number of ether oxygens (including phenoxy) is 2. The van der Waals surface area contributed by atoms with E-state index in [0.29, 0.717) is 29.7 Å². The molecule has 0 amide bonds. The number of rotatable bonds is 36. The van der Waals surface area contributed by atoms with Crippen LogP contribution in [0.4, 0.5) is 0 Å². The monoisotopic (exact) mass is 721 g/mol. The van der Waals surface area contributed by atoms with Crippen molar-refractivity contribution in [1.29, 1.82) is 0 Å². The highest BCUT2D eigenvalue weighted by Gasteiger charge is 2.19. The van der Waals surface area contributed by atoms with Crippen LogP contribution in [-0.2, 0) is 9.47 Å². The van der Waals surface area contributed by atoms with E-state index in [0.717, 1.165) is 31.1 Å². The normalized spacial score (nSPS) is 11.3. The fraction of sp³-hybridized carbons (Fsp3) is 0.750. The molecule has 296 valence electrons. The van der Waals surface area contributed by atoms with E-state index in [1.165, 1.54) is 180 Å². The van der Waals surface area contributed by atoms with Gasteiger partial charge in [-0.3, -0.25) is 0 Å². The maximum Gasteiger partial charge on any atom is 0.338 e. The van der Waals surface area contributed by atoms with Crippen molar-refractivity contribution in [2.24, 2.45) is 0 Å². The zero-order chi connectivity index (χ0) is 37.2. The van der Waals surface area contributed by atoms with Crippen LogP contribution in [-0.4, -0.2) is 25.2 Å². The van der Waals surface area contributed by atoms with Crippen molar-refractivity contribution in [3.63, 3.8) is 0 Å². The zero-order valence-corrected chi connectivity index (χ0v) is 34.1. The first-order valence-corrected chi connectivity index (χ1v) is 22.5. The summed E-state index contributed by atoms with van der Waals surface area (Å²) in [7, 11) is 0. The largest absolute Gasteiger partial charge is 0.462 e. The summed E-state index contributed by atoms with van der Waals surface area (Å²) >= 11 is 0. The van der Waals surface area contributed by atoms with Crippen LogP contribution >= 0.6 is 0 Å². The van der Waals surface area contributed by atoms with Gasteiger partial charge in [-0.25, -0.2) is 9.59 Å². The third-order valence-electron chi connectivity index (χ3n) is 10.8. The number of carbonyl (C=O) groups is 2. The molecule has 0 heterocycles. The molecular weight excluding hydrogens is 641 g/mol. The van der Waals surface area contributed by atoms with E-state index in [-0.39, 0.29) is 11.9 Å². The van der Waals surface area contributed by atoms with Crippen molar-refractivity contribution in [3.8, 4) is 0 Å². The van der Waals surface area contributed by atoms with Gasteiger partial charge in [0.1, 0.15) is 0 Å². The van der Waals surface area contributed by atoms with Crippen LogP contribution in [0.15, 0.2) is 36.4 Å². The summed E-state index contributed by atoms with van der Waals surface area (Å²) in [5.41, 5.74) is 0.895. The third-order valence-corrected chi connectivity index (χ3v) is 10.8. The van der Waals surface area contributed by atoms with E-state index >= 15 is 0 Å². The summed E-state index contributed by atoms with van der Waals surface area (Å²) in [6.07, 6.45) is 42.2. The van der Waals surface area contributed by atoms with Crippen molar-refractivity contribution in [3.05, 3.63) is 47.5 Å². The average Bonchev–Trinajstić information content (AvgIpc) is 3.16. The Morgan fingerprint density at radius 2 is 0.615 bits per heavy atom. The van der Waals surface area contributed by atoms with Crippen LogP contribution in [0.3, 0.4) is 0 Å². The molecule has 52 heavy (non-hydrogen) atoms. The van der Waals surface area contributed by atoms with Crippen LogP contribution in [0.1, 0.15) is 240 Å². The second kappa shape index (κ2) is 33.2. The van der Waals surface area contributed by atoms with Crippen molar-refractivity contribution in [2.75, 3.05) is 13.2 Å². The van der Waals surface area contributed by atoms with Gasteiger partial charge in [0.05, 0.1) is 24.3 Å². The molecule has 0 saturated heterocycles. The van der Waals surface area contributed by atoms with Crippen molar-refractivity contribution < 1.29 is 19.1 Å². The first kappa shape index (κ1) is 45.8. The quantitative estimate of drug-likeness (QED) is 0.0519. The minimum absolute atomic E-state index is 0.357. The molecule has 2 rings (SSSR count). The number of fused-ring (bicyclic) bond motifs is 1. The van der Waals surface area contributed by atoms with Gasteiger partial charge >= 0.3 is 11.9 Å². The first-order valence-electron chi connectivity index (χ1n) is 22.5.